The number of aryl methyl sites for hydroxylation is 2. The third-order valence-electron chi connectivity index (χ3n) is 2.83. The van der Waals surface area contributed by atoms with Crippen molar-refractivity contribution < 1.29 is 0 Å². The van der Waals surface area contributed by atoms with Gasteiger partial charge in [0.15, 0.2) is 0 Å². The average Bonchev–Trinajstić information content (AvgIpc) is 2.99. The van der Waals surface area contributed by atoms with Gasteiger partial charge in [0, 0.05) is 19.1 Å². The van der Waals surface area contributed by atoms with Gasteiger partial charge in [-0.05, 0) is 30.3 Å². The van der Waals surface area contributed by atoms with Crippen LogP contribution in [0.4, 0.5) is 0 Å². The molecular formula is C14H13ClN6. The second-order valence-electron chi connectivity index (χ2n) is 4.50. The highest BCUT2D eigenvalue weighted by Gasteiger charge is 1.98. The molecule has 0 unspecified atom stereocenters. The molecule has 2 aromatic carbocycles. The first-order valence-electron chi connectivity index (χ1n) is 6.34. The Morgan fingerprint density at radius 1 is 0.714 bits per heavy atom. The average molecular weight is 301 g/mol. The molecule has 0 bridgehead atoms. The van der Waals surface area contributed by atoms with E-state index in [1.165, 1.54) is 4.80 Å². The lowest BCUT2D eigenvalue weighted by Crippen LogP contribution is -1.90. The van der Waals surface area contributed by atoms with Gasteiger partial charge < -0.3 is 0 Å². The topological polar surface area (TPSA) is 61.4 Å². The summed E-state index contributed by atoms with van der Waals surface area (Å²) in [6, 6.07) is 13.3. The second-order valence-corrected chi connectivity index (χ2v) is 4.94. The number of rotatable bonds is 0. The molecule has 0 atom stereocenters. The van der Waals surface area contributed by atoms with Crippen LogP contribution in [-0.2, 0) is 14.1 Å². The monoisotopic (exact) mass is 300 g/mol. The van der Waals surface area contributed by atoms with Crippen molar-refractivity contribution in [1.82, 2.24) is 30.0 Å². The van der Waals surface area contributed by atoms with Gasteiger partial charge in [0.2, 0.25) is 0 Å². The maximum Gasteiger partial charge on any atom is 0.114 e. The maximum absolute atomic E-state index is 5.75. The zero-order chi connectivity index (χ0) is 14.8. The Kier molecular flexibility index (Phi) is 3.53. The van der Waals surface area contributed by atoms with Gasteiger partial charge >= 0.3 is 0 Å². The Morgan fingerprint density at radius 3 is 1.76 bits per heavy atom. The van der Waals surface area contributed by atoms with E-state index < -0.39 is 0 Å². The van der Waals surface area contributed by atoms with E-state index in [1.54, 1.807) is 24.0 Å². The predicted octanol–water partition coefficient (Wildman–Crippen LogP) is 2.59. The first kappa shape index (κ1) is 13.5. The van der Waals surface area contributed by atoms with E-state index in [1.807, 2.05) is 37.4 Å². The first-order valence-corrected chi connectivity index (χ1v) is 6.72. The van der Waals surface area contributed by atoms with Crippen LogP contribution in [0, 0.1) is 0 Å². The van der Waals surface area contributed by atoms with Crippen molar-refractivity contribution in [2.45, 2.75) is 0 Å². The molecule has 2 heterocycles. The van der Waals surface area contributed by atoms with Crippen molar-refractivity contribution in [3.63, 3.8) is 0 Å². The van der Waals surface area contributed by atoms with Crippen LogP contribution >= 0.6 is 11.6 Å². The number of hydrogen-bond acceptors (Lipinski definition) is 4. The predicted molar refractivity (Wildman–Crippen MR) is 82.0 cm³/mol. The summed E-state index contributed by atoms with van der Waals surface area (Å²) in [5.74, 6) is 0. The van der Waals surface area contributed by atoms with Crippen LogP contribution in [0.3, 0.4) is 0 Å². The summed E-state index contributed by atoms with van der Waals surface area (Å²) >= 11 is 5.75. The summed E-state index contributed by atoms with van der Waals surface area (Å²) in [6.45, 7) is 0. The van der Waals surface area contributed by atoms with Gasteiger partial charge in [0.05, 0.1) is 0 Å². The fraction of sp³-hybridized carbons (Fsp3) is 0.143. The van der Waals surface area contributed by atoms with E-state index in [9.17, 15) is 0 Å². The molecule has 0 fully saturated rings. The molecule has 0 N–H and O–H groups in total. The minimum Gasteiger partial charge on any atom is -0.187 e. The van der Waals surface area contributed by atoms with Crippen LogP contribution < -0.4 is 0 Å². The zero-order valence-corrected chi connectivity index (χ0v) is 12.4. The first-order chi connectivity index (χ1) is 10.1. The number of aromatic nitrogens is 6. The Bertz CT molecular complexity index is 862. The molecular weight excluding hydrogens is 288 g/mol. The van der Waals surface area contributed by atoms with Crippen LogP contribution in [-0.4, -0.2) is 30.0 Å². The highest BCUT2D eigenvalue weighted by molar-refractivity contribution is 6.31. The van der Waals surface area contributed by atoms with Gasteiger partial charge in [-0.2, -0.15) is 30.0 Å². The molecule has 0 aliphatic rings. The summed E-state index contributed by atoms with van der Waals surface area (Å²) in [4.78, 5) is 3.10. The minimum absolute atomic E-state index is 0.693. The second kappa shape index (κ2) is 5.49. The molecule has 21 heavy (non-hydrogen) atoms. The Morgan fingerprint density at radius 2 is 1.19 bits per heavy atom. The van der Waals surface area contributed by atoms with Gasteiger partial charge in [0.25, 0.3) is 0 Å². The number of hydrogen-bond donors (Lipinski definition) is 0. The van der Waals surface area contributed by atoms with Crippen molar-refractivity contribution in [2.75, 3.05) is 0 Å². The Balaban J connectivity index is 0.000000126. The third-order valence-corrected chi connectivity index (χ3v) is 3.06. The Labute approximate surface area is 125 Å². The molecule has 4 aromatic rings. The van der Waals surface area contributed by atoms with Crippen molar-refractivity contribution in [3.8, 4) is 0 Å². The lowest BCUT2D eigenvalue weighted by molar-refractivity contribution is 0.665. The van der Waals surface area contributed by atoms with E-state index in [0.29, 0.717) is 5.02 Å². The normalized spacial score (nSPS) is 10.6. The molecule has 0 saturated heterocycles. The van der Waals surface area contributed by atoms with Gasteiger partial charge in [-0.1, -0.05) is 23.7 Å². The van der Waals surface area contributed by atoms with Crippen LogP contribution in [0.5, 0.6) is 0 Å². The quantitative estimate of drug-likeness (QED) is 0.501. The van der Waals surface area contributed by atoms with Crippen LogP contribution in [0.2, 0.25) is 5.02 Å². The fourth-order valence-electron chi connectivity index (χ4n) is 1.96. The lowest BCUT2D eigenvalue weighted by Gasteiger charge is -1.84. The van der Waals surface area contributed by atoms with E-state index in [0.717, 1.165) is 22.1 Å². The highest BCUT2D eigenvalue weighted by Crippen LogP contribution is 2.14. The van der Waals surface area contributed by atoms with E-state index >= 15 is 0 Å². The van der Waals surface area contributed by atoms with Crippen molar-refractivity contribution >= 4 is 33.7 Å². The summed E-state index contributed by atoms with van der Waals surface area (Å²) in [5, 5.41) is 17.1. The fourth-order valence-corrected chi connectivity index (χ4v) is 2.13. The van der Waals surface area contributed by atoms with E-state index in [-0.39, 0.29) is 0 Å². The molecule has 106 valence electrons. The molecule has 0 spiro atoms. The largest absolute Gasteiger partial charge is 0.187 e. The summed E-state index contributed by atoms with van der Waals surface area (Å²) in [6.07, 6.45) is 0. The molecule has 0 aliphatic carbocycles. The van der Waals surface area contributed by atoms with Gasteiger partial charge in [-0.25, -0.2) is 0 Å². The molecule has 0 aliphatic heterocycles. The van der Waals surface area contributed by atoms with E-state index in [2.05, 4.69) is 20.4 Å². The summed E-state index contributed by atoms with van der Waals surface area (Å²) in [5.41, 5.74) is 3.60. The summed E-state index contributed by atoms with van der Waals surface area (Å²) < 4.78 is 0. The van der Waals surface area contributed by atoms with Gasteiger partial charge in [0.1, 0.15) is 22.1 Å². The smallest absolute Gasteiger partial charge is 0.114 e. The Hall–Kier alpha value is -2.47. The molecule has 0 saturated carbocycles. The summed E-state index contributed by atoms with van der Waals surface area (Å²) in [7, 11) is 3.61. The SMILES string of the molecule is Cn1nc2ccc(Cl)cc2n1.Cn1nc2ccccc2n1. The lowest BCUT2D eigenvalue weighted by atomic mass is 10.3. The van der Waals surface area contributed by atoms with Gasteiger partial charge in [-0.15, -0.1) is 0 Å². The highest BCUT2D eigenvalue weighted by atomic mass is 35.5. The standard InChI is InChI=1S/C7H6ClN3.C7H7N3/c1-11-9-6-3-2-5(8)4-7(6)10-11;1-10-8-6-4-2-3-5-7(6)9-10/h2-4H,1H3;2-5H,1H3. The van der Waals surface area contributed by atoms with Crippen LogP contribution in [0.25, 0.3) is 22.1 Å². The number of halogens is 1. The number of benzene rings is 2. The molecule has 2 aromatic heterocycles. The van der Waals surface area contributed by atoms with Crippen LogP contribution in [0.15, 0.2) is 42.5 Å². The number of fused-ring (bicyclic) bond motifs is 2. The zero-order valence-electron chi connectivity index (χ0n) is 11.6. The molecule has 0 amide bonds. The van der Waals surface area contributed by atoms with Crippen molar-refractivity contribution in [1.29, 1.82) is 0 Å². The number of nitrogens with zero attached hydrogens (tertiary/aromatic N) is 6. The molecule has 6 nitrogen and oxygen atoms in total. The molecule has 0 radical (unpaired) electrons. The minimum atomic E-state index is 0.693. The maximum atomic E-state index is 5.75. The van der Waals surface area contributed by atoms with Crippen molar-refractivity contribution in [2.24, 2.45) is 14.1 Å². The van der Waals surface area contributed by atoms with Gasteiger partial charge in [-0.3, -0.25) is 0 Å². The van der Waals surface area contributed by atoms with E-state index in [4.69, 9.17) is 11.6 Å². The third kappa shape index (κ3) is 3.00. The molecule has 4 rings (SSSR count). The van der Waals surface area contributed by atoms with Crippen molar-refractivity contribution in [3.05, 3.63) is 47.5 Å². The molecule has 7 heteroatoms. The van der Waals surface area contributed by atoms with Crippen LogP contribution in [0.1, 0.15) is 0 Å².